The Morgan fingerprint density at radius 2 is 1.00 bits per heavy atom. The number of nitrogens with one attached hydrogen (secondary N) is 2. The number of benzene rings is 4. The summed E-state index contributed by atoms with van der Waals surface area (Å²) in [4.78, 5) is 15.8. The van der Waals surface area contributed by atoms with E-state index in [0.29, 0.717) is 17.9 Å². The molecule has 0 aromatic heterocycles. The van der Waals surface area contributed by atoms with Crippen molar-refractivity contribution in [2.75, 3.05) is 33.2 Å². The number of carbonyl (C=O) groups excluding carboxylic acids is 1. The van der Waals surface area contributed by atoms with Crippen molar-refractivity contribution in [3.05, 3.63) is 156 Å². The minimum Gasteiger partial charge on any atom is -0.354 e. The molecule has 4 aromatic carbocycles. The summed E-state index contributed by atoms with van der Waals surface area (Å²) in [5.74, 6) is 0.949. The fraction of sp³-hybridized carbons (Fsp3) is 0.308. The standard InChI is InChI=1S/C18H20N2O.C18H22N2.C3H6/c21-14-19-18-13-20(11-15-7-3-1-4-8-15)12-17(18)16-9-5-2-6-10-16;1-19-18-14-20(12-15-8-4-2-5-9-15)13-17(18)16-10-6-3-7-11-16;1-3-2/h1-10,14,17-18H,11-13H2,(H,19,21);2-11,17-19H,12-14H2,1H3;3H,1H2,2H3/t2*17-,18-;/m11./s1. The number of amides is 1. The molecule has 0 spiro atoms. The molecule has 2 aliphatic rings. The van der Waals surface area contributed by atoms with Crippen LogP contribution in [0.5, 0.6) is 0 Å². The van der Waals surface area contributed by atoms with Gasteiger partial charge in [-0.15, -0.1) is 6.58 Å². The quantitative estimate of drug-likeness (QED) is 0.174. The second-order valence-electron chi connectivity index (χ2n) is 11.6. The fourth-order valence-corrected chi connectivity index (χ4v) is 6.34. The van der Waals surface area contributed by atoms with E-state index in [2.05, 4.69) is 143 Å². The number of allylic oxidation sites excluding steroid dienone is 1. The van der Waals surface area contributed by atoms with E-state index in [0.717, 1.165) is 45.7 Å². The maximum atomic E-state index is 10.9. The lowest BCUT2D eigenvalue weighted by Crippen LogP contribution is -2.34. The van der Waals surface area contributed by atoms with Crippen LogP contribution in [0.1, 0.15) is 41.0 Å². The van der Waals surface area contributed by atoms with Crippen LogP contribution in [0.15, 0.2) is 134 Å². The van der Waals surface area contributed by atoms with E-state index in [1.807, 2.05) is 19.1 Å². The summed E-state index contributed by atoms with van der Waals surface area (Å²) in [7, 11) is 2.08. The molecule has 0 radical (unpaired) electrons. The lowest BCUT2D eigenvalue weighted by Gasteiger charge is -2.17. The Hall–Kier alpha value is -4.03. The minimum absolute atomic E-state index is 0.189. The fourth-order valence-electron chi connectivity index (χ4n) is 6.34. The molecule has 2 aliphatic heterocycles. The first-order chi connectivity index (χ1) is 21.6. The Labute approximate surface area is 264 Å². The van der Waals surface area contributed by atoms with Crippen molar-refractivity contribution in [3.63, 3.8) is 0 Å². The van der Waals surface area contributed by atoms with Crippen molar-refractivity contribution in [3.8, 4) is 0 Å². The van der Waals surface area contributed by atoms with E-state index in [1.165, 1.54) is 22.3 Å². The lowest BCUT2D eigenvalue weighted by molar-refractivity contribution is -0.110. The predicted molar refractivity (Wildman–Crippen MR) is 184 cm³/mol. The van der Waals surface area contributed by atoms with Crippen molar-refractivity contribution in [1.29, 1.82) is 0 Å². The monoisotopic (exact) mass is 588 g/mol. The highest BCUT2D eigenvalue weighted by Gasteiger charge is 2.34. The third-order valence-electron chi connectivity index (χ3n) is 8.40. The lowest BCUT2D eigenvalue weighted by atomic mass is 9.94. The first-order valence-corrected chi connectivity index (χ1v) is 15.7. The van der Waals surface area contributed by atoms with Gasteiger partial charge in [-0.2, -0.15) is 0 Å². The largest absolute Gasteiger partial charge is 0.354 e. The zero-order valence-corrected chi connectivity index (χ0v) is 26.3. The molecule has 0 aliphatic carbocycles. The van der Waals surface area contributed by atoms with Gasteiger partial charge in [-0.25, -0.2) is 0 Å². The molecule has 6 rings (SSSR count). The molecule has 4 atom stereocenters. The molecule has 0 unspecified atom stereocenters. The van der Waals surface area contributed by atoms with Crippen LogP contribution >= 0.6 is 0 Å². The number of likely N-dealkylation sites (N-methyl/N-ethyl adjacent to an activating group) is 1. The highest BCUT2D eigenvalue weighted by atomic mass is 16.1. The first-order valence-electron chi connectivity index (χ1n) is 15.7. The van der Waals surface area contributed by atoms with Crippen molar-refractivity contribution < 1.29 is 4.79 Å². The van der Waals surface area contributed by atoms with Gasteiger partial charge in [-0.3, -0.25) is 14.6 Å². The van der Waals surface area contributed by atoms with Gasteiger partial charge >= 0.3 is 0 Å². The number of nitrogens with zero attached hydrogens (tertiary/aromatic N) is 2. The molecule has 0 bridgehead atoms. The van der Waals surface area contributed by atoms with Gasteiger partial charge < -0.3 is 10.6 Å². The van der Waals surface area contributed by atoms with E-state index < -0.39 is 0 Å². The number of rotatable bonds is 9. The summed E-state index contributed by atoms with van der Waals surface area (Å²) in [6.07, 6.45) is 2.58. The molecule has 2 N–H and O–H groups in total. The number of carbonyl (C=O) groups is 1. The van der Waals surface area contributed by atoms with Gasteiger partial charge in [0.1, 0.15) is 0 Å². The minimum atomic E-state index is 0.189. The highest BCUT2D eigenvalue weighted by molar-refractivity contribution is 5.47. The van der Waals surface area contributed by atoms with Crippen LogP contribution in [-0.4, -0.2) is 61.5 Å². The Bertz CT molecular complexity index is 1350. The normalized spacial score (nSPS) is 21.3. The topological polar surface area (TPSA) is 47.6 Å². The van der Waals surface area contributed by atoms with E-state index >= 15 is 0 Å². The summed E-state index contributed by atoms with van der Waals surface area (Å²) < 4.78 is 0. The van der Waals surface area contributed by atoms with Crippen LogP contribution in [0.3, 0.4) is 0 Å². The summed E-state index contributed by atoms with van der Waals surface area (Å²) in [6.45, 7) is 11.3. The molecule has 1 amide bonds. The van der Waals surface area contributed by atoms with Crippen LogP contribution in [0.4, 0.5) is 0 Å². The van der Waals surface area contributed by atoms with Crippen LogP contribution in [0.25, 0.3) is 0 Å². The molecule has 4 aromatic rings. The third kappa shape index (κ3) is 9.75. The van der Waals surface area contributed by atoms with E-state index in [-0.39, 0.29) is 6.04 Å². The van der Waals surface area contributed by atoms with Gasteiger partial charge in [0.05, 0.1) is 0 Å². The SMILES string of the molecule is C=CC.CN[C@@H]1CN(Cc2ccccc2)C[C@@H]1c1ccccc1.O=CN[C@@H]1CN(Cc2ccccc2)C[C@@H]1c1ccccc1. The number of likely N-dealkylation sites (tertiary alicyclic amines) is 2. The summed E-state index contributed by atoms with van der Waals surface area (Å²) in [6, 6.07) is 43.3. The molecule has 230 valence electrons. The van der Waals surface area contributed by atoms with Crippen molar-refractivity contribution >= 4 is 6.41 Å². The maximum Gasteiger partial charge on any atom is 0.207 e. The van der Waals surface area contributed by atoms with E-state index in [9.17, 15) is 4.79 Å². The summed E-state index contributed by atoms with van der Waals surface area (Å²) in [5, 5.41) is 6.47. The van der Waals surface area contributed by atoms with Crippen LogP contribution < -0.4 is 10.6 Å². The van der Waals surface area contributed by atoms with E-state index in [1.54, 1.807) is 6.08 Å². The highest BCUT2D eigenvalue weighted by Crippen LogP contribution is 2.29. The molecule has 44 heavy (non-hydrogen) atoms. The van der Waals surface area contributed by atoms with Gasteiger partial charge in [0.2, 0.25) is 6.41 Å². The smallest absolute Gasteiger partial charge is 0.207 e. The molecule has 5 heteroatoms. The van der Waals surface area contributed by atoms with Gasteiger partial charge in [-0.05, 0) is 36.2 Å². The van der Waals surface area contributed by atoms with Crippen molar-refractivity contribution in [1.82, 2.24) is 20.4 Å². The van der Waals surface area contributed by atoms with Crippen LogP contribution in [0.2, 0.25) is 0 Å². The van der Waals surface area contributed by atoms with Gasteiger partial charge in [0, 0.05) is 63.2 Å². The summed E-state index contributed by atoms with van der Waals surface area (Å²) in [5.41, 5.74) is 5.46. The zero-order valence-electron chi connectivity index (χ0n) is 26.3. The van der Waals surface area contributed by atoms with Gasteiger partial charge in [-0.1, -0.05) is 127 Å². The molecule has 2 fully saturated rings. The molecular formula is C39H48N4O. The Balaban J connectivity index is 0.000000185. The Morgan fingerprint density at radius 3 is 1.39 bits per heavy atom. The van der Waals surface area contributed by atoms with Crippen LogP contribution in [-0.2, 0) is 17.9 Å². The van der Waals surface area contributed by atoms with Gasteiger partial charge in [0.25, 0.3) is 0 Å². The Kier molecular flexibility index (Phi) is 13.4. The van der Waals surface area contributed by atoms with E-state index in [4.69, 9.17) is 0 Å². The first kappa shape index (κ1) is 32.9. The molecule has 0 saturated carbocycles. The average molecular weight is 589 g/mol. The molecule has 2 saturated heterocycles. The van der Waals surface area contributed by atoms with Crippen molar-refractivity contribution in [2.24, 2.45) is 0 Å². The van der Waals surface area contributed by atoms with Crippen molar-refractivity contribution in [2.45, 2.75) is 43.9 Å². The second-order valence-corrected chi connectivity index (χ2v) is 11.6. The zero-order chi connectivity index (χ0) is 31.0. The van der Waals surface area contributed by atoms with Crippen LogP contribution in [0, 0.1) is 0 Å². The predicted octanol–water partition coefficient (Wildman–Crippen LogP) is 6.47. The number of hydrogen-bond donors (Lipinski definition) is 2. The average Bonchev–Trinajstić information content (AvgIpc) is 3.67. The maximum absolute atomic E-state index is 10.9. The third-order valence-corrected chi connectivity index (χ3v) is 8.40. The second kappa shape index (κ2) is 17.9. The molecular weight excluding hydrogens is 540 g/mol. The molecule has 5 nitrogen and oxygen atoms in total. The Morgan fingerprint density at radius 1 is 0.636 bits per heavy atom. The molecule has 2 heterocycles. The van der Waals surface area contributed by atoms with Gasteiger partial charge in [0.15, 0.2) is 0 Å². The number of hydrogen-bond acceptors (Lipinski definition) is 4. The summed E-state index contributed by atoms with van der Waals surface area (Å²) >= 11 is 0.